The van der Waals surface area contributed by atoms with Crippen LogP contribution in [0.3, 0.4) is 0 Å². The van der Waals surface area contributed by atoms with E-state index in [9.17, 15) is 14.3 Å². The van der Waals surface area contributed by atoms with Crippen molar-refractivity contribution in [1.82, 2.24) is 0 Å². The van der Waals surface area contributed by atoms with Crippen LogP contribution < -0.4 is 4.74 Å². The number of nitro groups is 1. The molecule has 1 fully saturated rings. The molecule has 1 saturated heterocycles. The van der Waals surface area contributed by atoms with Crippen molar-refractivity contribution in [2.24, 2.45) is 0 Å². The molecule has 1 aromatic carbocycles. The summed E-state index contributed by atoms with van der Waals surface area (Å²) in [5, 5.41) is 10.4. The van der Waals surface area contributed by atoms with Crippen molar-refractivity contribution in [3.8, 4) is 5.75 Å². The second kappa shape index (κ2) is 5.21. The van der Waals surface area contributed by atoms with Crippen LogP contribution in [-0.2, 0) is 19.7 Å². The molecule has 1 heterocycles. The first-order valence-corrected chi connectivity index (χ1v) is 5.74. The lowest BCUT2D eigenvalue weighted by Crippen LogP contribution is -2.19. The number of nitro benzene ring substituents is 1. The van der Waals surface area contributed by atoms with Gasteiger partial charge in [-0.1, -0.05) is 0 Å². The van der Waals surface area contributed by atoms with E-state index in [0.717, 1.165) is 0 Å². The van der Waals surface area contributed by atoms with Gasteiger partial charge in [-0.25, -0.2) is 0 Å². The van der Waals surface area contributed by atoms with Crippen LogP contribution in [0.2, 0.25) is 0 Å². The van der Waals surface area contributed by atoms with Crippen molar-refractivity contribution in [1.29, 1.82) is 0 Å². The maximum absolute atomic E-state index is 10.7. The summed E-state index contributed by atoms with van der Waals surface area (Å²) >= 11 is -1.69. The first-order chi connectivity index (χ1) is 8.15. The van der Waals surface area contributed by atoms with E-state index in [1.54, 1.807) is 0 Å². The SMILES string of the molecule is O=[N+]([O-])c1ccc(OC[C@H]2CO[S@@](=O)O2)cc1. The van der Waals surface area contributed by atoms with Crippen LogP contribution in [0, 0.1) is 10.1 Å². The summed E-state index contributed by atoms with van der Waals surface area (Å²) in [6.45, 7) is 0.392. The maximum Gasteiger partial charge on any atom is 0.305 e. The second-order valence-corrected chi connectivity index (χ2v) is 4.11. The summed E-state index contributed by atoms with van der Waals surface area (Å²) in [5.41, 5.74) is -0.00102. The number of ether oxygens (including phenoxy) is 1. The maximum atomic E-state index is 10.7. The zero-order valence-corrected chi connectivity index (χ0v) is 9.42. The van der Waals surface area contributed by atoms with Gasteiger partial charge in [-0.2, -0.15) is 4.21 Å². The molecule has 17 heavy (non-hydrogen) atoms. The predicted octanol–water partition coefficient (Wildman–Crippen LogP) is 0.968. The normalized spacial score (nSPS) is 23.5. The first-order valence-electron chi connectivity index (χ1n) is 4.74. The quantitative estimate of drug-likeness (QED) is 0.591. The topological polar surface area (TPSA) is 87.9 Å². The van der Waals surface area contributed by atoms with E-state index >= 15 is 0 Å². The summed E-state index contributed by atoms with van der Waals surface area (Å²) in [6.07, 6.45) is -0.383. The first kappa shape index (κ1) is 12.0. The number of hydrogen-bond acceptors (Lipinski definition) is 6. The van der Waals surface area contributed by atoms with Gasteiger partial charge in [-0.05, 0) is 12.1 Å². The molecule has 7 nitrogen and oxygen atoms in total. The monoisotopic (exact) mass is 259 g/mol. The van der Waals surface area contributed by atoms with Gasteiger partial charge in [-0.15, -0.1) is 0 Å². The van der Waals surface area contributed by atoms with Crippen molar-refractivity contribution >= 4 is 17.0 Å². The molecule has 2 rings (SSSR count). The molecule has 0 radical (unpaired) electrons. The molecule has 0 amide bonds. The molecular formula is C9H9NO6S. The van der Waals surface area contributed by atoms with Crippen LogP contribution in [0.25, 0.3) is 0 Å². The van der Waals surface area contributed by atoms with E-state index in [1.165, 1.54) is 24.3 Å². The zero-order valence-electron chi connectivity index (χ0n) is 8.61. The Morgan fingerprint density at radius 1 is 1.47 bits per heavy atom. The lowest BCUT2D eigenvalue weighted by atomic mass is 10.3. The molecular weight excluding hydrogens is 250 g/mol. The van der Waals surface area contributed by atoms with Gasteiger partial charge in [0.15, 0.2) is 0 Å². The smallest absolute Gasteiger partial charge is 0.305 e. The molecule has 0 unspecified atom stereocenters. The summed E-state index contributed by atoms with van der Waals surface area (Å²) < 4.78 is 25.6. The molecule has 0 spiro atoms. The predicted molar refractivity (Wildman–Crippen MR) is 57.6 cm³/mol. The molecule has 0 N–H and O–H groups in total. The Bertz CT molecular complexity index is 434. The second-order valence-electron chi connectivity index (χ2n) is 3.27. The molecule has 0 saturated carbocycles. The van der Waals surface area contributed by atoms with E-state index in [0.29, 0.717) is 5.75 Å². The number of benzene rings is 1. The standard InChI is InChI=1S/C9H9NO6S/c11-10(12)7-1-3-8(4-2-7)14-5-9-6-15-17(13)16-9/h1-4,9H,5-6H2/t9-,17+/m0/s1. The molecule has 92 valence electrons. The highest BCUT2D eigenvalue weighted by Gasteiger charge is 2.23. The molecule has 1 aliphatic rings. The summed E-state index contributed by atoms with van der Waals surface area (Å²) in [4.78, 5) is 9.92. The Morgan fingerprint density at radius 3 is 2.71 bits per heavy atom. The van der Waals surface area contributed by atoms with Gasteiger partial charge in [-0.3, -0.25) is 18.5 Å². The number of rotatable bonds is 4. The van der Waals surface area contributed by atoms with Gasteiger partial charge < -0.3 is 4.74 Å². The van der Waals surface area contributed by atoms with Gasteiger partial charge in [0.25, 0.3) is 5.69 Å². The Labute approximate surface area is 99.3 Å². The van der Waals surface area contributed by atoms with Crippen LogP contribution in [-0.4, -0.2) is 28.4 Å². The van der Waals surface area contributed by atoms with Crippen LogP contribution in [0.5, 0.6) is 5.75 Å². The molecule has 1 aliphatic heterocycles. The van der Waals surface area contributed by atoms with Crippen LogP contribution >= 0.6 is 0 Å². The molecule has 1 aromatic rings. The molecule has 0 bridgehead atoms. The molecule has 0 aliphatic carbocycles. The molecule has 0 aromatic heterocycles. The van der Waals surface area contributed by atoms with E-state index in [2.05, 4.69) is 4.18 Å². The minimum absolute atomic E-state index is 0.00102. The van der Waals surface area contributed by atoms with Crippen molar-refractivity contribution in [3.63, 3.8) is 0 Å². The van der Waals surface area contributed by atoms with Crippen molar-refractivity contribution in [2.75, 3.05) is 13.2 Å². The summed E-state index contributed by atoms with van der Waals surface area (Å²) in [7, 11) is 0. The van der Waals surface area contributed by atoms with E-state index in [1.807, 2.05) is 0 Å². The van der Waals surface area contributed by atoms with Gasteiger partial charge in [0, 0.05) is 12.1 Å². The zero-order chi connectivity index (χ0) is 12.3. The fourth-order valence-electron chi connectivity index (χ4n) is 1.23. The molecule has 8 heteroatoms. The highest BCUT2D eigenvalue weighted by molar-refractivity contribution is 7.75. The largest absolute Gasteiger partial charge is 0.491 e. The third-order valence-corrected chi connectivity index (χ3v) is 2.81. The fourth-order valence-corrected chi connectivity index (χ4v) is 1.88. The van der Waals surface area contributed by atoms with Crippen LogP contribution in [0.15, 0.2) is 24.3 Å². The van der Waals surface area contributed by atoms with Gasteiger partial charge >= 0.3 is 11.4 Å². The number of nitrogens with zero attached hydrogens (tertiary/aromatic N) is 1. The lowest BCUT2D eigenvalue weighted by Gasteiger charge is -2.08. The number of non-ortho nitro benzene ring substituents is 1. The summed E-state index contributed by atoms with van der Waals surface area (Å²) in [5.74, 6) is 0.483. The van der Waals surface area contributed by atoms with Crippen molar-refractivity contribution in [3.05, 3.63) is 34.4 Å². The number of hydrogen-bond donors (Lipinski definition) is 0. The van der Waals surface area contributed by atoms with Gasteiger partial charge in [0.2, 0.25) is 0 Å². The van der Waals surface area contributed by atoms with Crippen LogP contribution in [0.1, 0.15) is 0 Å². The average Bonchev–Trinajstić information content (AvgIpc) is 2.73. The Balaban J connectivity index is 1.87. The highest BCUT2D eigenvalue weighted by atomic mass is 32.2. The third kappa shape index (κ3) is 3.22. The minimum Gasteiger partial charge on any atom is -0.491 e. The lowest BCUT2D eigenvalue weighted by molar-refractivity contribution is -0.384. The molecule has 2 atom stereocenters. The summed E-state index contributed by atoms with van der Waals surface area (Å²) in [6, 6.07) is 5.68. The van der Waals surface area contributed by atoms with Crippen molar-refractivity contribution < 1.29 is 22.2 Å². The van der Waals surface area contributed by atoms with E-state index in [-0.39, 0.29) is 25.0 Å². The Kier molecular flexibility index (Phi) is 3.67. The Morgan fingerprint density at radius 2 is 2.18 bits per heavy atom. The van der Waals surface area contributed by atoms with Crippen molar-refractivity contribution in [2.45, 2.75) is 6.10 Å². The van der Waals surface area contributed by atoms with Crippen LogP contribution in [0.4, 0.5) is 5.69 Å². The van der Waals surface area contributed by atoms with E-state index in [4.69, 9.17) is 8.92 Å². The van der Waals surface area contributed by atoms with Gasteiger partial charge in [0.05, 0.1) is 11.5 Å². The fraction of sp³-hybridized carbons (Fsp3) is 0.333. The average molecular weight is 259 g/mol. The minimum atomic E-state index is -1.69. The van der Waals surface area contributed by atoms with E-state index < -0.39 is 16.3 Å². The Hall–Kier alpha value is -1.51. The highest BCUT2D eigenvalue weighted by Crippen LogP contribution is 2.18. The van der Waals surface area contributed by atoms with Gasteiger partial charge in [0.1, 0.15) is 18.5 Å². The third-order valence-electron chi connectivity index (χ3n) is 2.05.